The Morgan fingerprint density at radius 1 is 1.14 bits per heavy atom. The van der Waals surface area contributed by atoms with E-state index in [2.05, 4.69) is 5.32 Å². The summed E-state index contributed by atoms with van der Waals surface area (Å²) in [7, 11) is 3.06. The normalized spacial score (nSPS) is 10.1. The summed E-state index contributed by atoms with van der Waals surface area (Å²) in [5.41, 5.74) is 0.915. The molecular weight excluding hydrogens is 388 g/mol. The third-order valence-corrected chi connectivity index (χ3v) is 3.73. The largest absolute Gasteiger partial charge is 0.497 e. The van der Waals surface area contributed by atoms with E-state index in [0.29, 0.717) is 26.3 Å². The van der Waals surface area contributed by atoms with Crippen molar-refractivity contribution in [3.8, 4) is 11.5 Å². The first-order chi connectivity index (χ1) is 10.0. The number of carbonyl (C=O) groups excluding carboxylic acids is 1. The third-order valence-electron chi connectivity index (χ3n) is 2.83. The van der Waals surface area contributed by atoms with Crippen molar-refractivity contribution in [2.75, 3.05) is 19.5 Å². The average Bonchev–Trinajstić information content (AvgIpc) is 2.47. The maximum absolute atomic E-state index is 13.1. The van der Waals surface area contributed by atoms with Gasteiger partial charge in [-0.3, -0.25) is 4.79 Å². The zero-order chi connectivity index (χ0) is 15.4. The maximum Gasteiger partial charge on any atom is 0.256 e. The van der Waals surface area contributed by atoms with Crippen molar-refractivity contribution in [1.82, 2.24) is 0 Å². The summed E-state index contributed by atoms with van der Waals surface area (Å²) >= 11 is 1.92. The average molecular weight is 401 g/mol. The highest BCUT2D eigenvalue weighted by molar-refractivity contribution is 14.1. The molecule has 0 atom stereocenters. The van der Waals surface area contributed by atoms with Gasteiger partial charge < -0.3 is 14.8 Å². The lowest BCUT2D eigenvalue weighted by Gasteiger charge is -2.12. The van der Waals surface area contributed by atoms with E-state index >= 15 is 0 Å². The summed E-state index contributed by atoms with van der Waals surface area (Å²) in [6.07, 6.45) is 0. The number of hydrogen-bond donors (Lipinski definition) is 1. The number of carbonyl (C=O) groups is 1. The first-order valence-corrected chi connectivity index (χ1v) is 7.11. The highest BCUT2D eigenvalue weighted by Gasteiger charge is 2.13. The second-order valence-corrected chi connectivity index (χ2v) is 5.31. The molecule has 0 saturated heterocycles. The Kier molecular flexibility index (Phi) is 5.00. The van der Waals surface area contributed by atoms with Crippen LogP contribution >= 0.6 is 22.6 Å². The molecule has 0 bridgehead atoms. The van der Waals surface area contributed by atoms with E-state index in [9.17, 15) is 9.18 Å². The molecule has 0 aliphatic rings. The molecule has 1 N–H and O–H groups in total. The van der Waals surface area contributed by atoms with Crippen LogP contribution in [-0.2, 0) is 0 Å². The number of hydrogen-bond acceptors (Lipinski definition) is 3. The van der Waals surface area contributed by atoms with E-state index in [1.165, 1.54) is 25.3 Å². The molecule has 0 saturated carbocycles. The lowest BCUT2D eigenvalue weighted by molar-refractivity contribution is 0.102. The maximum atomic E-state index is 13.1. The molecule has 0 aromatic heterocycles. The molecule has 0 radical (unpaired) electrons. The van der Waals surface area contributed by atoms with Gasteiger partial charge in [0.15, 0.2) is 0 Å². The van der Waals surface area contributed by atoms with Gasteiger partial charge in [-0.15, -0.1) is 0 Å². The second kappa shape index (κ2) is 6.75. The van der Waals surface area contributed by atoms with Crippen LogP contribution in [0, 0.1) is 9.39 Å². The molecule has 110 valence electrons. The van der Waals surface area contributed by atoms with Crippen LogP contribution in [0.15, 0.2) is 36.4 Å². The summed E-state index contributed by atoms with van der Waals surface area (Å²) < 4.78 is 23.9. The number of halogens is 2. The van der Waals surface area contributed by atoms with Crippen molar-refractivity contribution in [2.24, 2.45) is 0 Å². The Morgan fingerprint density at radius 2 is 1.90 bits per heavy atom. The van der Waals surface area contributed by atoms with Gasteiger partial charge in [0, 0.05) is 9.64 Å². The van der Waals surface area contributed by atoms with Crippen LogP contribution in [-0.4, -0.2) is 20.1 Å². The molecule has 6 heteroatoms. The van der Waals surface area contributed by atoms with Gasteiger partial charge in [0.2, 0.25) is 0 Å². The van der Waals surface area contributed by atoms with Gasteiger partial charge in [-0.05, 0) is 52.9 Å². The Labute approximate surface area is 135 Å². The van der Waals surface area contributed by atoms with Crippen LogP contribution < -0.4 is 14.8 Å². The van der Waals surface area contributed by atoms with Crippen LogP contribution in [0.5, 0.6) is 11.5 Å². The topological polar surface area (TPSA) is 47.6 Å². The minimum absolute atomic E-state index is 0.331. The number of benzene rings is 2. The van der Waals surface area contributed by atoms with Crippen molar-refractivity contribution in [3.05, 3.63) is 51.3 Å². The molecule has 2 aromatic carbocycles. The minimum Gasteiger partial charge on any atom is -0.497 e. The first-order valence-electron chi connectivity index (χ1n) is 6.03. The summed E-state index contributed by atoms with van der Waals surface area (Å²) in [6, 6.07) is 9.08. The van der Waals surface area contributed by atoms with Crippen molar-refractivity contribution < 1.29 is 18.7 Å². The first kappa shape index (κ1) is 15.6. The van der Waals surface area contributed by atoms with Crippen molar-refractivity contribution in [3.63, 3.8) is 0 Å². The van der Waals surface area contributed by atoms with E-state index in [0.717, 1.165) is 0 Å². The van der Waals surface area contributed by atoms with E-state index in [1.807, 2.05) is 22.6 Å². The molecule has 0 aliphatic carbocycles. The molecule has 21 heavy (non-hydrogen) atoms. The summed E-state index contributed by atoms with van der Waals surface area (Å²) in [6.45, 7) is 0. The van der Waals surface area contributed by atoms with E-state index in [-0.39, 0.29) is 11.7 Å². The molecule has 0 fully saturated rings. The van der Waals surface area contributed by atoms with Gasteiger partial charge in [-0.1, -0.05) is 0 Å². The van der Waals surface area contributed by atoms with Crippen molar-refractivity contribution in [1.29, 1.82) is 0 Å². The number of amides is 1. The summed E-state index contributed by atoms with van der Waals surface area (Å²) in [4.78, 5) is 12.2. The van der Waals surface area contributed by atoms with Gasteiger partial charge in [-0.25, -0.2) is 4.39 Å². The van der Waals surface area contributed by atoms with Gasteiger partial charge in [0.25, 0.3) is 5.91 Å². The van der Waals surface area contributed by atoms with Crippen LogP contribution in [0.25, 0.3) is 0 Å². The molecule has 0 heterocycles. The lowest BCUT2D eigenvalue weighted by Crippen LogP contribution is -2.14. The highest BCUT2D eigenvalue weighted by Crippen LogP contribution is 2.29. The zero-order valence-electron chi connectivity index (χ0n) is 11.4. The number of methoxy groups -OCH3 is 2. The lowest BCUT2D eigenvalue weighted by atomic mass is 10.2. The van der Waals surface area contributed by atoms with Crippen LogP contribution in [0.4, 0.5) is 10.1 Å². The molecule has 0 aliphatic heterocycles. The van der Waals surface area contributed by atoms with E-state index in [4.69, 9.17) is 9.47 Å². The van der Waals surface area contributed by atoms with Crippen molar-refractivity contribution in [2.45, 2.75) is 0 Å². The third kappa shape index (κ3) is 3.63. The fourth-order valence-corrected chi connectivity index (χ4v) is 2.49. The summed E-state index contributed by atoms with van der Waals surface area (Å²) in [5.74, 6) is 0.405. The predicted molar refractivity (Wildman–Crippen MR) is 86.6 cm³/mol. The van der Waals surface area contributed by atoms with E-state index < -0.39 is 0 Å². The van der Waals surface area contributed by atoms with Crippen molar-refractivity contribution >= 4 is 34.2 Å². The molecule has 4 nitrogen and oxygen atoms in total. The number of ether oxygens (including phenoxy) is 2. The second-order valence-electron chi connectivity index (χ2n) is 4.14. The van der Waals surface area contributed by atoms with Gasteiger partial charge in [0.05, 0.1) is 25.5 Å². The van der Waals surface area contributed by atoms with Gasteiger partial charge >= 0.3 is 0 Å². The fraction of sp³-hybridized carbons (Fsp3) is 0.133. The molecule has 1 amide bonds. The number of nitrogens with one attached hydrogen (secondary N) is 1. The fourth-order valence-electron chi connectivity index (χ4n) is 1.77. The molecule has 2 rings (SSSR count). The minimum atomic E-state index is -0.377. The number of anilines is 1. The molecule has 0 unspecified atom stereocenters. The quantitative estimate of drug-likeness (QED) is 0.796. The summed E-state index contributed by atoms with van der Waals surface area (Å²) in [5, 5.41) is 2.74. The highest BCUT2D eigenvalue weighted by atomic mass is 127. The SMILES string of the molecule is COc1ccc(NC(=O)c2ccc(F)cc2I)c(OC)c1. The smallest absolute Gasteiger partial charge is 0.256 e. The Bertz CT molecular complexity index is 676. The Balaban J connectivity index is 2.27. The Morgan fingerprint density at radius 3 is 2.52 bits per heavy atom. The monoisotopic (exact) mass is 401 g/mol. The molecule has 2 aromatic rings. The Hall–Kier alpha value is -1.83. The molecule has 0 spiro atoms. The standard InChI is InChI=1S/C15H13FINO3/c1-20-10-4-6-13(14(8-10)21-2)18-15(19)11-5-3-9(16)7-12(11)17/h3-8H,1-2H3,(H,18,19). The van der Waals surface area contributed by atoms with Crippen LogP contribution in [0.3, 0.4) is 0 Å². The van der Waals surface area contributed by atoms with Crippen LogP contribution in [0.1, 0.15) is 10.4 Å². The van der Waals surface area contributed by atoms with Crippen LogP contribution in [0.2, 0.25) is 0 Å². The molecular formula is C15H13FINO3. The van der Waals surface area contributed by atoms with E-state index in [1.54, 1.807) is 25.3 Å². The number of rotatable bonds is 4. The van der Waals surface area contributed by atoms with Gasteiger partial charge in [0.1, 0.15) is 17.3 Å². The van der Waals surface area contributed by atoms with Gasteiger partial charge in [-0.2, -0.15) is 0 Å². The predicted octanol–water partition coefficient (Wildman–Crippen LogP) is 3.70. The zero-order valence-corrected chi connectivity index (χ0v) is 13.6.